The van der Waals surface area contributed by atoms with Crippen molar-refractivity contribution in [2.24, 2.45) is 0 Å². The van der Waals surface area contributed by atoms with E-state index in [0.29, 0.717) is 53.4 Å². The molecule has 0 aromatic heterocycles. The van der Waals surface area contributed by atoms with Crippen LogP contribution >= 0.6 is 23.2 Å². The van der Waals surface area contributed by atoms with Crippen molar-refractivity contribution in [3.63, 3.8) is 0 Å². The van der Waals surface area contributed by atoms with E-state index in [-0.39, 0.29) is 12.5 Å². The second kappa shape index (κ2) is 10.8. The molecule has 1 N–H and O–H groups in total. The Balaban J connectivity index is 1.97. The minimum atomic E-state index is -0.543. The summed E-state index contributed by atoms with van der Waals surface area (Å²) in [7, 11) is 1.33. The molecule has 2 amide bonds. The van der Waals surface area contributed by atoms with Gasteiger partial charge in [-0.25, -0.2) is 4.79 Å². The molecule has 9 heteroatoms. The first-order valence-electron chi connectivity index (χ1n) is 10.4. The molecule has 0 saturated heterocycles. The van der Waals surface area contributed by atoms with E-state index < -0.39 is 12.0 Å². The molecular weight excluding hydrogens is 455 g/mol. The number of carbonyl (C=O) groups excluding carboxylic acids is 2. The maximum atomic E-state index is 13.2. The van der Waals surface area contributed by atoms with E-state index in [4.69, 9.17) is 37.4 Å². The highest BCUT2D eigenvalue weighted by molar-refractivity contribution is 6.35. The van der Waals surface area contributed by atoms with E-state index in [1.165, 1.54) is 7.11 Å². The van der Waals surface area contributed by atoms with Crippen LogP contribution in [-0.4, -0.2) is 43.8 Å². The van der Waals surface area contributed by atoms with Gasteiger partial charge in [-0.15, -0.1) is 0 Å². The number of hydrogen-bond donors (Lipinski definition) is 1. The highest BCUT2D eigenvalue weighted by atomic mass is 35.5. The lowest BCUT2D eigenvalue weighted by molar-refractivity contribution is -0.141. The van der Waals surface area contributed by atoms with Crippen LogP contribution in [0.2, 0.25) is 10.0 Å². The normalized spacial score (nSPS) is 15.0. The molecule has 2 aromatic rings. The minimum Gasteiger partial charge on any atom is -0.490 e. The van der Waals surface area contributed by atoms with Crippen molar-refractivity contribution < 1.29 is 23.8 Å². The maximum Gasteiger partial charge on any atom is 0.322 e. The summed E-state index contributed by atoms with van der Waals surface area (Å²) in [4.78, 5) is 27.0. The molecule has 2 aromatic carbocycles. The Morgan fingerprint density at radius 3 is 2.44 bits per heavy atom. The van der Waals surface area contributed by atoms with Crippen LogP contribution in [-0.2, 0) is 16.0 Å². The Hall–Kier alpha value is -2.64. The molecule has 0 unspecified atom stereocenters. The van der Waals surface area contributed by atoms with Crippen LogP contribution in [0.3, 0.4) is 0 Å². The Morgan fingerprint density at radius 2 is 1.78 bits per heavy atom. The van der Waals surface area contributed by atoms with E-state index in [1.807, 2.05) is 26.0 Å². The van der Waals surface area contributed by atoms with Crippen molar-refractivity contribution in [1.29, 1.82) is 0 Å². The molecule has 1 heterocycles. The van der Waals surface area contributed by atoms with Crippen molar-refractivity contribution in [3.05, 3.63) is 51.5 Å². The average Bonchev–Trinajstić information content (AvgIpc) is 2.77. The molecule has 1 atom stereocenters. The van der Waals surface area contributed by atoms with Gasteiger partial charge in [0.05, 0.1) is 43.5 Å². The molecule has 0 fully saturated rings. The van der Waals surface area contributed by atoms with Crippen molar-refractivity contribution >= 4 is 40.9 Å². The molecule has 0 radical (unpaired) electrons. The number of hydrogen-bond acceptors (Lipinski definition) is 5. The van der Waals surface area contributed by atoms with Gasteiger partial charge in [0, 0.05) is 11.6 Å². The third-order valence-electron chi connectivity index (χ3n) is 5.18. The zero-order valence-corrected chi connectivity index (χ0v) is 19.8. The minimum absolute atomic E-state index is 0.000253. The van der Waals surface area contributed by atoms with E-state index in [0.717, 1.165) is 11.1 Å². The van der Waals surface area contributed by atoms with Crippen molar-refractivity contribution in [3.8, 4) is 11.5 Å². The van der Waals surface area contributed by atoms with Crippen LogP contribution in [0.4, 0.5) is 10.5 Å². The summed E-state index contributed by atoms with van der Waals surface area (Å²) in [5.41, 5.74) is 2.21. The largest absolute Gasteiger partial charge is 0.490 e. The predicted octanol–water partition coefficient (Wildman–Crippen LogP) is 5.49. The molecule has 32 heavy (non-hydrogen) atoms. The van der Waals surface area contributed by atoms with E-state index in [9.17, 15) is 9.59 Å². The number of halogens is 2. The molecule has 1 aliphatic heterocycles. The first-order chi connectivity index (χ1) is 15.4. The summed E-state index contributed by atoms with van der Waals surface area (Å²) in [6, 6.07) is 7.68. The maximum absolute atomic E-state index is 13.2. The van der Waals surface area contributed by atoms with Crippen LogP contribution in [0.15, 0.2) is 30.3 Å². The average molecular weight is 481 g/mol. The van der Waals surface area contributed by atoms with Gasteiger partial charge >= 0.3 is 12.0 Å². The van der Waals surface area contributed by atoms with Gasteiger partial charge in [-0.05, 0) is 61.7 Å². The smallest absolute Gasteiger partial charge is 0.322 e. The fraction of sp³-hybridized carbons (Fsp3) is 0.391. The van der Waals surface area contributed by atoms with E-state index in [1.54, 1.807) is 23.1 Å². The number of nitrogens with one attached hydrogen (secondary N) is 1. The predicted molar refractivity (Wildman–Crippen MR) is 124 cm³/mol. The summed E-state index contributed by atoms with van der Waals surface area (Å²) >= 11 is 12.3. The molecule has 0 aliphatic carbocycles. The Bertz CT molecular complexity index is 999. The SMILES string of the molecule is CCOc1cc2c(cc1OCC)[C@@H](CC(=O)OC)N(C(=O)Nc1cc(Cl)ccc1Cl)CC2. The Morgan fingerprint density at radius 1 is 1.09 bits per heavy atom. The van der Waals surface area contributed by atoms with Gasteiger partial charge in [-0.1, -0.05) is 23.2 Å². The van der Waals surface area contributed by atoms with Gasteiger partial charge in [0.25, 0.3) is 0 Å². The van der Waals surface area contributed by atoms with Crippen molar-refractivity contribution in [2.45, 2.75) is 32.7 Å². The molecule has 7 nitrogen and oxygen atoms in total. The van der Waals surface area contributed by atoms with Crippen LogP contribution in [0.25, 0.3) is 0 Å². The van der Waals surface area contributed by atoms with Gasteiger partial charge in [0.2, 0.25) is 0 Å². The number of nitrogens with zero attached hydrogens (tertiary/aromatic N) is 1. The number of fused-ring (bicyclic) bond motifs is 1. The zero-order valence-electron chi connectivity index (χ0n) is 18.2. The summed E-state index contributed by atoms with van der Waals surface area (Å²) in [6.07, 6.45) is 0.593. The quantitative estimate of drug-likeness (QED) is 0.530. The fourth-order valence-corrected chi connectivity index (χ4v) is 4.07. The Kier molecular flexibility index (Phi) is 8.10. The second-order valence-corrected chi connectivity index (χ2v) is 8.00. The highest BCUT2D eigenvalue weighted by Crippen LogP contribution is 2.40. The number of methoxy groups -OCH3 is 1. The monoisotopic (exact) mass is 480 g/mol. The topological polar surface area (TPSA) is 77.1 Å². The molecule has 1 aliphatic rings. The number of anilines is 1. The van der Waals surface area contributed by atoms with Gasteiger partial charge in [0.15, 0.2) is 11.5 Å². The van der Waals surface area contributed by atoms with Crippen LogP contribution in [0.1, 0.15) is 37.4 Å². The third kappa shape index (κ3) is 5.40. The highest BCUT2D eigenvalue weighted by Gasteiger charge is 2.34. The second-order valence-electron chi connectivity index (χ2n) is 7.16. The summed E-state index contributed by atoms with van der Waals surface area (Å²) in [5.74, 6) is 0.796. The standard InChI is InChI=1S/C23H26Cl2N2O5/c1-4-31-20-10-14-8-9-27(23(29)26-18-11-15(24)6-7-17(18)25)19(13-22(28)30-3)16(14)12-21(20)32-5-2/h6-7,10-12,19H,4-5,8-9,13H2,1-3H3,(H,26,29)/t19-/m1/s1. The summed E-state index contributed by atoms with van der Waals surface area (Å²) < 4.78 is 16.4. The van der Waals surface area contributed by atoms with Crippen molar-refractivity contribution in [2.75, 3.05) is 32.2 Å². The zero-order chi connectivity index (χ0) is 23.3. The lowest BCUT2D eigenvalue weighted by Gasteiger charge is -2.37. The molecule has 0 saturated carbocycles. The summed E-state index contributed by atoms with van der Waals surface area (Å²) in [5, 5.41) is 3.62. The first kappa shape index (κ1) is 24.0. The molecule has 0 spiro atoms. The number of carbonyl (C=O) groups is 2. The van der Waals surface area contributed by atoms with Crippen LogP contribution < -0.4 is 14.8 Å². The van der Waals surface area contributed by atoms with Gasteiger partial charge in [0.1, 0.15) is 0 Å². The number of ether oxygens (including phenoxy) is 3. The molecule has 172 valence electrons. The molecular formula is C23H26Cl2N2O5. The number of amides is 2. The lowest BCUT2D eigenvalue weighted by atomic mass is 9.90. The van der Waals surface area contributed by atoms with Gasteiger partial charge in [-0.3, -0.25) is 4.79 Å². The third-order valence-corrected chi connectivity index (χ3v) is 5.75. The van der Waals surface area contributed by atoms with E-state index in [2.05, 4.69) is 5.32 Å². The van der Waals surface area contributed by atoms with Crippen LogP contribution in [0, 0.1) is 0 Å². The van der Waals surface area contributed by atoms with E-state index >= 15 is 0 Å². The van der Waals surface area contributed by atoms with Crippen molar-refractivity contribution in [1.82, 2.24) is 4.90 Å². The fourth-order valence-electron chi connectivity index (χ4n) is 3.73. The lowest BCUT2D eigenvalue weighted by Crippen LogP contribution is -2.43. The summed E-state index contributed by atoms with van der Waals surface area (Å²) in [6.45, 7) is 5.15. The Labute approximate surface area is 197 Å². The number of benzene rings is 2. The van der Waals surface area contributed by atoms with Gasteiger partial charge < -0.3 is 24.4 Å². The first-order valence-corrected chi connectivity index (χ1v) is 11.1. The molecule has 0 bridgehead atoms. The molecule has 3 rings (SSSR count). The van der Waals surface area contributed by atoms with Gasteiger partial charge in [-0.2, -0.15) is 0 Å². The number of urea groups is 1. The number of esters is 1. The van der Waals surface area contributed by atoms with Crippen LogP contribution in [0.5, 0.6) is 11.5 Å². The number of rotatable bonds is 7.